The number of amides is 1. The van der Waals surface area contributed by atoms with E-state index in [0.717, 1.165) is 5.69 Å². The fraction of sp³-hybridized carbons (Fsp3) is 0.688. The number of carbonyl (C=O) groups is 1. The molecule has 4 N–H and O–H groups in total. The molecule has 0 aliphatic carbocycles. The Kier molecular flexibility index (Phi) is 5.82. The summed E-state index contributed by atoms with van der Waals surface area (Å²) in [4.78, 5) is 14.7. The van der Waals surface area contributed by atoms with Gasteiger partial charge in [0.1, 0.15) is 17.5 Å². The standard InChI is InChI=1S/C16H27N5O3/c1-5-18-19-15(17)12-7-11(22)8-21(12)16(23)14(9(2)3)13-6-10(4)20-24-13/h6,9,11-12,14,18,22H,5,7-8H2,1-4H3,(H2,17,19)/t11-,12+,14?/m1/s1. The quantitative estimate of drug-likeness (QED) is 0.397. The average Bonchev–Trinajstić information content (AvgIpc) is 3.10. The number of nitrogens with two attached hydrogens (primary N) is 1. The van der Waals surface area contributed by atoms with Crippen LogP contribution in [0.15, 0.2) is 15.7 Å². The number of nitrogens with one attached hydrogen (secondary N) is 1. The van der Waals surface area contributed by atoms with Gasteiger partial charge in [0.2, 0.25) is 5.91 Å². The maximum Gasteiger partial charge on any atom is 0.234 e. The molecule has 134 valence electrons. The highest BCUT2D eigenvalue weighted by atomic mass is 16.5. The molecule has 0 spiro atoms. The summed E-state index contributed by atoms with van der Waals surface area (Å²) >= 11 is 0. The van der Waals surface area contributed by atoms with Crippen LogP contribution in [0.2, 0.25) is 0 Å². The molecule has 2 rings (SSSR count). The zero-order chi connectivity index (χ0) is 17.9. The third-order valence-corrected chi connectivity index (χ3v) is 4.16. The monoisotopic (exact) mass is 337 g/mol. The van der Waals surface area contributed by atoms with Gasteiger partial charge in [0.05, 0.1) is 17.8 Å². The molecule has 0 saturated carbocycles. The van der Waals surface area contributed by atoms with Gasteiger partial charge in [-0.15, -0.1) is 0 Å². The topological polar surface area (TPSA) is 117 Å². The molecule has 1 amide bonds. The van der Waals surface area contributed by atoms with E-state index in [0.29, 0.717) is 24.6 Å². The number of nitrogens with zero attached hydrogens (tertiary/aromatic N) is 3. The van der Waals surface area contributed by atoms with E-state index < -0.39 is 18.1 Å². The van der Waals surface area contributed by atoms with E-state index in [1.165, 1.54) is 0 Å². The molecular weight excluding hydrogens is 310 g/mol. The minimum Gasteiger partial charge on any atom is -0.391 e. The van der Waals surface area contributed by atoms with Gasteiger partial charge in [-0.25, -0.2) is 0 Å². The lowest BCUT2D eigenvalue weighted by Crippen LogP contribution is -2.47. The van der Waals surface area contributed by atoms with Crippen LogP contribution in [0.5, 0.6) is 0 Å². The predicted octanol–water partition coefficient (Wildman–Crippen LogP) is 0.566. The Hall–Kier alpha value is -2.09. The molecule has 1 unspecified atom stereocenters. The van der Waals surface area contributed by atoms with E-state index in [1.54, 1.807) is 11.0 Å². The number of hydrazone groups is 1. The smallest absolute Gasteiger partial charge is 0.234 e. The van der Waals surface area contributed by atoms with Gasteiger partial charge in [-0.1, -0.05) is 19.0 Å². The number of amidine groups is 1. The summed E-state index contributed by atoms with van der Waals surface area (Å²) in [7, 11) is 0. The minimum absolute atomic E-state index is 0.0233. The van der Waals surface area contributed by atoms with Gasteiger partial charge in [-0.2, -0.15) is 5.10 Å². The Bertz CT molecular complexity index is 598. The van der Waals surface area contributed by atoms with Gasteiger partial charge in [-0.05, 0) is 19.8 Å². The van der Waals surface area contributed by atoms with Crippen molar-refractivity contribution in [1.29, 1.82) is 0 Å². The fourth-order valence-corrected chi connectivity index (χ4v) is 3.03. The molecule has 3 atom stereocenters. The van der Waals surface area contributed by atoms with Crippen LogP contribution >= 0.6 is 0 Å². The highest BCUT2D eigenvalue weighted by molar-refractivity contribution is 5.93. The normalized spacial score (nSPS) is 22.9. The zero-order valence-corrected chi connectivity index (χ0v) is 14.7. The van der Waals surface area contributed by atoms with Crippen LogP contribution in [-0.4, -0.2) is 52.1 Å². The van der Waals surface area contributed by atoms with Crippen molar-refractivity contribution < 1.29 is 14.4 Å². The zero-order valence-electron chi connectivity index (χ0n) is 14.7. The summed E-state index contributed by atoms with van der Waals surface area (Å²) in [6, 6.07) is 1.36. The van der Waals surface area contributed by atoms with Gasteiger partial charge in [-0.3, -0.25) is 4.79 Å². The highest BCUT2D eigenvalue weighted by Gasteiger charge is 2.41. The van der Waals surface area contributed by atoms with Crippen LogP contribution < -0.4 is 11.2 Å². The fourth-order valence-electron chi connectivity index (χ4n) is 3.03. The lowest BCUT2D eigenvalue weighted by Gasteiger charge is -2.28. The first kappa shape index (κ1) is 18.3. The van der Waals surface area contributed by atoms with E-state index in [-0.39, 0.29) is 18.4 Å². The molecule has 8 nitrogen and oxygen atoms in total. The Labute approximate surface area is 142 Å². The predicted molar refractivity (Wildman–Crippen MR) is 90.2 cm³/mol. The second-order valence-electron chi connectivity index (χ2n) is 6.54. The Balaban J connectivity index is 2.26. The molecule has 1 saturated heterocycles. The molecule has 0 aromatic carbocycles. The van der Waals surface area contributed by atoms with Crippen molar-refractivity contribution in [1.82, 2.24) is 15.5 Å². The van der Waals surface area contributed by atoms with Crippen molar-refractivity contribution >= 4 is 11.7 Å². The molecule has 2 heterocycles. The molecule has 1 aromatic rings. The Morgan fingerprint density at radius 3 is 2.88 bits per heavy atom. The second kappa shape index (κ2) is 7.65. The molecule has 1 aliphatic rings. The van der Waals surface area contributed by atoms with Gasteiger partial charge in [0.25, 0.3) is 0 Å². The Morgan fingerprint density at radius 2 is 2.33 bits per heavy atom. The molecule has 1 aromatic heterocycles. The van der Waals surface area contributed by atoms with Gasteiger partial charge >= 0.3 is 0 Å². The lowest BCUT2D eigenvalue weighted by atomic mass is 9.91. The third kappa shape index (κ3) is 3.87. The number of aliphatic hydroxyl groups is 1. The third-order valence-electron chi connectivity index (χ3n) is 4.16. The van der Waals surface area contributed by atoms with Crippen molar-refractivity contribution in [2.24, 2.45) is 16.8 Å². The van der Waals surface area contributed by atoms with Crippen molar-refractivity contribution in [3.63, 3.8) is 0 Å². The highest BCUT2D eigenvalue weighted by Crippen LogP contribution is 2.30. The largest absolute Gasteiger partial charge is 0.391 e. The molecule has 0 bridgehead atoms. The molecule has 1 fully saturated rings. The van der Waals surface area contributed by atoms with Crippen LogP contribution in [0.3, 0.4) is 0 Å². The Morgan fingerprint density at radius 1 is 1.62 bits per heavy atom. The van der Waals surface area contributed by atoms with E-state index in [9.17, 15) is 9.90 Å². The molecule has 24 heavy (non-hydrogen) atoms. The van der Waals surface area contributed by atoms with Gasteiger partial charge < -0.3 is 25.7 Å². The van der Waals surface area contributed by atoms with Crippen LogP contribution in [-0.2, 0) is 4.79 Å². The van der Waals surface area contributed by atoms with Crippen molar-refractivity contribution in [2.75, 3.05) is 13.1 Å². The number of aromatic nitrogens is 1. The molecule has 0 radical (unpaired) electrons. The van der Waals surface area contributed by atoms with E-state index in [2.05, 4.69) is 15.7 Å². The first-order chi connectivity index (χ1) is 11.3. The van der Waals surface area contributed by atoms with Gasteiger partial charge in [0.15, 0.2) is 0 Å². The van der Waals surface area contributed by atoms with Crippen molar-refractivity contribution in [3.05, 3.63) is 17.5 Å². The lowest BCUT2D eigenvalue weighted by molar-refractivity contribution is -0.134. The maximum atomic E-state index is 13.1. The number of aliphatic hydroxyl groups excluding tert-OH is 1. The minimum atomic E-state index is -0.612. The molecule has 8 heteroatoms. The maximum absolute atomic E-state index is 13.1. The van der Waals surface area contributed by atoms with Crippen LogP contribution in [0.4, 0.5) is 0 Å². The first-order valence-corrected chi connectivity index (χ1v) is 8.32. The second-order valence-corrected chi connectivity index (χ2v) is 6.54. The summed E-state index contributed by atoms with van der Waals surface area (Å²) in [6.45, 7) is 8.51. The van der Waals surface area contributed by atoms with Crippen LogP contribution in [0, 0.1) is 12.8 Å². The number of likely N-dealkylation sites (tertiary alicyclic amines) is 1. The summed E-state index contributed by atoms with van der Waals surface area (Å²) in [5, 5.41) is 18.0. The summed E-state index contributed by atoms with van der Waals surface area (Å²) in [5.41, 5.74) is 9.55. The molecule has 1 aliphatic heterocycles. The van der Waals surface area contributed by atoms with Crippen LogP contribution in [0.25, 0.3) is 0 Å². The molecular formula is C16H27N5O3. The number of hydrogen-bond donors (Lipinski definition) is 3. The summed E-state index contributed by atoms with van der Waals surface area (Å²) in [5.74, 6) is 0.270. The summed E-state index contributed by atoms with van der Waals surface area (Å²) in [6.07, 6.45) is -0.231. The van der Waals surface area contributed by atoms with E-state index in [1.807, 2.05) is 27.7 Å². The van der Waals surface area contributed by atoms with Crippen LogP contribution in [0.1, 0.15) is 44.6 Å². The van der Waals surface area contributed by atoms with Crippen molar-refractivity contribution in [3.8, 4) is 0 Å². The van der Waals surface area contributed by atoms with Gasteiger partial charge in [0, 0.05) is 25.6 Å². The number of β-amino-alcohol motifs (C(OH)–C–C–N with tert-alkyl or cyclic N) is 1. The average molecular weight is 337 g/mol. The SMILES string of the molecule is CCN/N=C(\N)[C@@H]1C[C@@H](O)CN1C(=O)C(c1cc(C)no1)C(C)C. The van der Waals surface area contributed by atoms with Crippen molar-refractivity contribution in [2.45, 2.75) is 52.2 Å². The number of hydrogen-bond acceptors (Lipinski definition) is 6. The number of carbonyl (C=O) groups excluding carboxylic acids is 1. The summed E-state index contributed by atoms with van der Waals surface area (Å²) < 4.78 is 5.32. The van der Waals surface area contributed by atoms with E-state index in [4.69, 9.17) is 10.3 Å². The number of rotatable bonds is 6. The number of aryl methyl sites for hydroxylation is 1. The van der Waals surface area contributed by atoms with E-state index >= 15 is 0 Å². The first-order valence-electron chi connectivity index (χ1n) is 8.32.